The second-order valence-electron chi connectivity index (χ2n) is 10.5. The smallest absolute Gasteiger partial charge is 0.414 e. The van der Waals surface area contributed by atoms with Gasteiger partial charge in [-0.1, -0.05) is 41.9 Å². The Morgan fingerprint density at radius 2 is 1.66 bits per heavy atom. The van der Waals surface area contributed by atoms with E-state index in [0.29, 0.717) is 30.2 Å². The van der Waals surface area contributed by atoms with Crippen molar-refractivity contribution in [2.45, 2.75) is 24.8 Å². The van der Waals surface area contributed by atoms with Crippen molar-refractivity contribution in [3.63, 3.8) is 0 Å². The number of hydrogen-bond donors (Lipinski definition) is 0. The number of para-hydroxylation sites is 1. The van der Waals surface area contributed by atoms with Crippen molar-refractivity contribution >= 4 is 45.0 Å². The SMILES string of the molecule is Cc1c(N(C)S(=O)(=O)c2cc(C(=O)N(C)C(C)c3cccc(N4CCOC4=O)c3)ccc2Cl)c(=O)n(-c2ccccc2)n1C. The highest BCUT2D eigenvalue weighted by Gasteiger charge is 2.32. The van der Waals surface area contributed by atoms with E-state index >= 15 is 0 Å². The van der Waals surface area contributed by atoms with Gasteiger partial charge in [0.15, 0.2) is 0 Å². The van der Waals surface area contributed by atoms with Crippen LogP contribution in [-0.2, 0) is 21.8 Å². The molecule has 1 fully saturated rings. The van der Waals surface area contributed by atoms with E-state index in [1.54, 1.807) is 62.1 Å². The predicted octanol–water partition coefficient (Wildman–Crippen LogP) is 4.75. The number of benzene rings is 3. The molecular weight excluding hydrogens is 606 g/mol. The number of carbonyl (C=O) groups is 2. The van der Waals surface area contributed by atoms with Crippen LogP contribution in [0.25, 0.3) is 5.69 Å². The van der Waals surface area contributed by atoms with Crippen LogP contribution in [0.3, 0.4) is 0 Å². The van der Waals surface area contributed by atoms with E-state index < -0.39 is 33.6 Å². The van der Waals surface area contributed by atoms with Gasteiger partial charge in [-0.25, -0.2) is 17.9 Å². The third kappa shape index (κ3) is 5.35. The average molecular weight is 638 g/mol. The average Bonchev–Trinajstić information content (AvgIpc) is 3.55. The van der Waals surface area contributed by atoms with Crippen LogP contribution in [0.4, 0.5) is 16.2 Å². The van der Waals surface area contributed by atoms with Gasteiger partial charge in [-0.05, 0) is 61.9 Å². The van der Waals surface area contributed by atoms with Gasteiger partial charge in [-0.3, -0.25) is 23.5 Å². The van der Waals surface area contributed by atoms with Gasteiger partial charge in [-0.2, -0.15) is 0 Å². The van der Waals surface area contributed by atoms with E-state index in [4.69, 9.17) is 16.3 Å². The van der Waals surface area contributed by atoms with E-state index in [-0.39, 0.29) is 21.2 Å². The lowest BCUT2D eigenvalue weighted by molar-refractivity contribution is 0.0742. The van der Waals surface area contributed by atoms with Crippen molar-refractivity contribution in [2.24, 2.45) is 7.05 Å². The summed E-state index contributed by atoms with van der Waals surface area (Å²) in [6, 6.07) is 19.7. The van der Waals surface area contributed by atoms with Gasteiger partial charge in [0, 0.05) is 32.4 Å². The molecule has 44 heavy (non-hydrogen) atoms. The Morgan fingerprint density at radius 1 is 0.977 bits per heavy atom. The van der Waals surface area contributed by atoms with Crippen LogP contribution in [0.2, 0.25) is 5.02 Å². The molecule has 1 atom stereocenters. The Labute approximate surface area is 260 Å². The number of anilines is 2. The molecule has 2 heterocycles. The monoisotopic (exact) mass is 637 g/mol. The maximum atomic E-state index is 13.9. The van der Waals surface area contributed by atoms with Crippen molar-refractivity contribution < 1.29 is 22.7 Å². The third-order valence-corrected chi connectivity index (χ3v) is 10.2. The highest BCUT2D eigenvalue weighted by atomic mass is 35.5. The molecule has 230 valence electrons. The fourth-order valence-electron chi connectivity index (χ4n) is 5.20. The zero-order valence-corrected chi connectivity index (χ0v) is 26.5. The zero-order chi connectivity index (χ0) is 31.9. The molecule has 1 aliphatic heterocycles. The van der Waals surface area contributed by atoms with Crippen LogP contribution in [-0.4, -0.2) is 61.9 Å². The fourth-order valence-corrected chi connectivity index (χ4v) is 6.95. The first-order chi connectivity index (χ1) is 20.8. The molecule has 0 saturated carbocycles. The first kappa shape index (κ1) is 30.9. The topological polar surface area (TPSA) is 114 Å². The molecule has 2 amide bonds. The van der Waals surface area contributed by atoms with Crippen LogP contribution in [0.1, 0.15) is 34.6 Å². The van der Waals surface area contributed by atoms with Crippen molar-refractivity contribution in [1.82, 2.24) is 14.3 Å². The van der Waals surface area contributed by atoms with E-state index in [2.05, 4.69) is 0 Å². The summed E-state index contributed by atoms with van der Waals surface area (Å²) in [4.78, 5) is 41.9. The number of carbonyl (C=O) groups excluding carboxylic acids is 2. The Balaban J connectivity index is 1.45. The largest absolute Gasteiger partial charge is 0.447 e. The second-order valence-corrected chi connectivity index (χ2v) is 12.8. The van der Waals surface area contributed by atoms with Gasteiger partial charge in [0.25, 0.3) is 21.5 Å². The van der Waals surface area contributed by atoms with Crippen LogP contribution in [0.5, 0.6) is 0 Å². The number of ether oxygens (including phenoxy) is 1. The normalized spacial score (nSPS) is 14.0. The maximum Gasteiger partial charge on any atom is 0.414 e. The van der Waals surface area contributed by atoms with Crippen molar-refractivity contribution in [1.29, 1.82) is 0 Å². The molecule has 1 aliphatic rings. The summed E-state index contributed by atoms with van der Waals surface area (Å²) in [5.41, 5.74) is 1.96. The highest BCUT2D eigenvalue weighted by Crippen LogP contribution is 2.31. The quantitative estimate of drug-likeness (QED) is 0.275. The lowest BCUT2D eigenvalue weighted by Gasteiger charge is -2.27. The molecule has 13 heteroatoms. The van der Waals surface area contributed by atoms with Crippen molar-refractivity contribution in [3.8, 4) is 5.69 Å². The first-order valence-corrected chi connectivity index (χ1v) is 15.6. The number of nitrogens with zero attached hydrogens (tertiary/aromatic N) is 5. The number of amides is 2. The summed E-state index contributed by atoms with van der Waals surface area (Å²) in [7, 11) is 0.194. The number of sulfonamides is 1. The molecule has 11 nitrogen and oxygen atoms in total. The summed E-state index contributed by atoms with van der Waals surface area (Å²) < 4.78 is 36.8. The lowest BCUT2D eigenvalue weighted by atomic mass is 10.0. The Morgan fingerprint density at radius 3 is 2.32 bits per heavy atom. The summed E-state index contributed by atoms with van der Waals surface area (Å²) in [6.07, 6.45) is -0.427. The molecule has 0 spiro atoms. The summed E-state index contributed by atoms with van der Waals surface area (Å²) in [6.45, 7) is 4.23. The molecular formula is C31H32ClN5O6S. The minimum Gasteiger partial charge on any atom is -0.447 e. The van der Waals surface area contributed by atoms with Gasteiger partial charge in [0.05, 0.1) is 29.0 Å². The molecule has 0 radical (unpaired) electrons. The molecule has 0 bridgehead atoms. The van der Waals surface area contributed by atoms with Crippen molar-refractivity contribution in [2.75, 3.05) is 36.5 Å². The van der Waals surface area contributed by atoms with E-state index in [1.165, 1.54) is 39.7 Å². The lowest BCUT2D eigenvalue weighted by Crippen LogP contribution is -2.33. The van der Waals surface area contributed by atoms with E-state index in [1.807, 2.05) is 25.1 Å². The molecule has 0 aliphatic carbocycles. The molecule has 1 saturated heterocycles. The van der Waals surface area contributed by atoms with Crippen LogP contribution in [0, 0.1) is 6.92 Å². The molecule has 4 aromatic rings. The first-order valence-electron chi connectivity index (χ1n) is 13.8. The van der Waals surface area contributed by atoms with Crippen LogP contribution in [0.15, 0.2) is 82.5 Å². The Hall–Kier alpha value is -4.55. The molecule has 0 N–H and O–H groups in total. The van der Waals surface area contributed by atoms with Gasteiger partial charge in [0.1, 0.15) is 17.2 Å². The highest BCUT2D eigenvalue weighted by molar-refractivity contribution is 7.93. The number of cyclic esters (lactones) is 1. The van der Waals surface area contributed by atoms with Gasteiger partial charge < -0.3 is 9.64 Å². The van der Waals surface area contributed by atoms with Crippen LogP contribution >= 0.6 is 11.6 Å². The zero-order valence-electron chi connectivity index (χ0n) is 24.9. The number of hydrogen-bond acceptors (Lipinski definition) is 6. The summed E-state index contributed by atoms with van der Waals surface area (Å²) >= 11 is 6.40. The molecule has 1 aromatic heterocycles. The van der Waals surface area contributed by atoms with Crippen LogP contribution < -0.4 is 14.8 Å². The van der Waals surface area contributed by atoms with Gasteiger partial charge in [-0.15, -0.1) is 0 Å². The van der Waals surface area contributed by atoms with E-state index in [0.717, 1.165) is 9.87 Å². The number of aromatic nitrogens is 2. The maximum absolute atomic E-state index is 13.9. The predicted molar refractivity (Wildman–Crippen MR) is 168 cm³/mol. The fraction of sp³-hybridized carbons (Fsp3) is 0.258. The van der Waals surface area contributed by atoms with E-state index in [9.17, 15) is 22.8 Å². The minimum atomic E-state index is -4.37. The summed E-state index contributed by atoms with van der Waals surface area (Å²) in [5.74, 6) is -0.443. The standard InChI is InChI=1S/C31H32ClN5O6S/c1-20(22-10-9-13-25(18-22)36-16-17-43-31(36)40)33(3)29(38)23-14-15-26(32)27(19-23)44(41,42)35(5)28-21(2)34(4)37(30(28)39)24-11-7-6-8-12-24/h6-15,18-20H,16-17H2,1-5H3. The molecule has 5 rings (SSSR count). The Bertz CT molecular complexity index is 1920. The van der Waals surface area contributed by atoms with Gasteiger partial charge >= 0.3 is 6.09 Å². The second kappa shape index (κ2) is 11.9. The van der Waals surface area contributed by atoms with Gasteiger partial charge in [0.2, 0.25) is 0 Å². The number of halogens is 1. The third-order valence-electron chi connectivity index (χ3n) is 7.98. The molecule has 1 unspecified atom stereocenters. The minimum absolute atomic E-state index is 0.0448. The van der Waals surface area contributed by atoms with Crippen molar-refractivity contribution in [3.05, 3.63) is 105 Å². The number of rotatable bonds is 8. The molecule has 3 aromatic carbocycles. The Kier molecular flexibility index (Phi) is 8.32. The summed E-state index contributed by atoms with van der Waals surface area (Å²) in [5, 5.41) is -0.0914.